The molecule has 0 aromatic heterocycles. The molecule has 0 fully saturated rings. The van der Waals surface area contributed by atoms with Crippen LogP contribution in [0.15, 0.2) is 16.6 Å². The first-order valence-electron chi connectivity index (χ1n) is 2.70. The molecule has 0 saturated heterocycles. The Morgan fingerprint density at radius 1 is 1.55 bits per heavy atom. The fraction of sp³-hybridized carbons (Fsp3) is 0. The molecular formula is C7H2BrFIN. The smallest absolute Gasteiger partial charge is 0.143 e. The summed E-state index contributed by atoms with van der Waals surface area (Å²) in [5.74, 6) is -0.480. The standard InChI is InChI=1S/C7H2BrFIN/c8-4-1-6(9)5(3-11)7(10)2-4/h1-2H. The molecular weight excluding hydrogens is 324 g/mol. The first-order chi connectivity index (χ1) is 5.15. The van der Waals surface area contributed by atoms with E-state index in [-0.39, 0.29) is 5.56 Å². The molecule has 0 heterocycles. The van der Waals surface area contributed by atoms with Gasteiger partial charge in [0.05, 0.1) is 0 Å². The van der Waals surface area contributed by atoms with Gasteiger partial charge in [-0.1, -0.05) is 15.9 Å². The molecule has 4 heteroatoms. The van der Waals surface area contributed by atoms with Crippen molar-refractivity contribution in [2.75, 3.05) is 0 Å². The molecule has 1 nitrogen and oxygen atoms in total. The van der Waals surface area contributed by atoms with Crippen LogP contribution in [-0.4, -0.2) is 0 Å². The maximum absolute atomic E-state index is 12.9. The van der Waals surface area contributed by atoms with E-state index in [2.05, 4.69) is 15.9 Å². The minimum atomic E-state index is -0.480. The summed E-state index contributed by atoms with van der Waals surface area (Å²) in [6, 6.07) is 4.76. The third-order valence-electron chi connectivity index (χ3n) is 1.12. The van der Waals surface area contributed by atoms with Crippen molar-refractivity contribution in [3.05, 3.63) is 31.6 Å². The van der Waals surface area contributed by atoms with E-state index in [0.29, 0.717) is 8.04 Å². The zero-order valence-corrected chi connectivity index (χ0v) is 8.98. The molecule has 0 atom stereocenters. The summed E-state index contributed by atoms with van der Waals surface area (Å²) in [5.41, 5.74) is 0.105. The molecule has 0 amide bonds. The lowest BCUT2D eigenvalue weighted by Crippen LogP contribution is -1.87. The van der Waals surface area contributed by atoms with Gasteiger partial charge in [0.1, 0.15) is 17.4 Å². The lowest BCUT2D eigenvalue weighted by molar-refractivity contribution is 0.622. The van der Waals surface area contributed by atoms with Crippen LogP contribution in [-0.2, 0) is 0 Å². The second-order valence-electron chi connectivity index (χ2n) is 1.86. The van der Waals surface area contributed by atoms with Crippen LogP contribution in [0.2, 0.25) is 0 Å². The fourth-order valence-corrected chi connectivity index (χ4v) is 2.22. The van der Waals surface area contributed by atoms with E-state index in [1.165, 1.54) is 6.07 Å². The zero-order chi connectivity index (χ0) is 8.43. The van der Waals surface area contributed by atoms with Crippen molar-refractivity contribution in [3.8, 4) is 6.07 Å². The van der Waals surface area contributed by atoms with E-state index < -0.39 is 5.82 Å². The van der Waals surface area contributed by atoms with E-state index in [1.54, 1.807) is 12.1 Å². The molecule has 0 spiro atoms. The second-order valence-corrected chi connectivity index (χ2v) is 3.93. The van der Waals surface area contributed by atoms with Gasteiger partial charge in [0.25, 0.3) is 0 Å². The van der Waals surface area contributed by atoms with E-state index in [1.807, 2.05) is 22.6 Å². The average Bonchev–Trinajstić information content (AvgIpc) is 1.85. The number of nitrogens with zero attached hydrogens (tertiary/aromatic N) is 1. The minimum absolute atomic E-state index is 0.105. The van der Waals surface area contributed by atoms with Gasteiger partial charge in [0.15, 0.2) is 0 Å². The maximum atomic E-state index is 12.9. The van der Waals surface area contributed by atoms with Gasteiger partial charge < -0.3 is 0 Å². The normalized spacial score (nSPS) is 9.27. The lowest BCUT2D eigenvalue weighted by atomic mass is 10.2. The van der Waals surface area contributed by atoms with Crippen LogP contribution in [0.1, 0.15) is 5.56 Å². The molecule has 1 aromatic rings. The Hall–Kier alpha value is -0.150. The average molecular weight is 326 g/mol. The Labute approximate surface area is 85.5 Å². The molecule has 0 saturated carbocycles. The van der Waals surface area contributed by atoms with Crippen molar-refractivity contribution >= 4 is 38.5 Å². The third kappa shape index (κ3) is 1.91. The van der Waals surface area contributed by atoms with Crippen LogP contribution in [0.4, 0.5) is 4.39 Å². The lowest BCUT2D eigenvalue weighted by Gasteiger charge is -1.97. The highest BCUT2D eigenvalue weighted by molar-refractivity contribution is 14.1. The summed E-state index contributed by atoms with van der Waals surface area (Å²) in [7, 11) is 0. The Bertz CT molecular complexity index is 309. The molecule has 56 valence electrons. The summed E-state index contributed by atoms with van der Waals surface area (Å²) in [5, 5.41) is 8.48. The van der Waals surface area contributed by atoms with Gasteiger partial charge >= 0.3 is 0 Å². The number of rotatable bonds is 0. The van der Waals surface area contributed by atoms with Crippen LogP contribution in [0.3, 0.4) is 0 Å². The van der Waals surface area contributed by atoms with Crippen molar-refractivity contribution < 1.29 is 4.39 Å². The summed E-state index contributed by atoms with van der Waals surface area (Å²) >= 11 is 5.04. The number of hydrogen-bond acceptors (Lipinski definition) is 1. The van der Waals surface area contributed by atoms with Crippen LogP contribution >= 0.6 is 38.5 Å². The fourth-order valence-electron chi connectivity index (χ4n) is 0.649. The highest BCUT2D eigenvalue weighted by atomic mass is 127. The van der Waals surface area contributed by atoms with Gasteiger partial charge in [-0.25, -0.2) is 4.39 Å². The van der Waals surface area contributed by atoms with E-state index in [9.17, 15) is 4.39 Å². The van der Waals surface area contributed by atoms with Crippen molar-refractivity contribution in [1.82, 2.24) is 0 Å². The van der Waals surface area contributed by atoms with Gasteiger partial charge in [-0.3, -0.25) is 0 Å². The maximum Gasteiger partial charge on any atom is 0.143 e. The molecule has 1 rings (SSSR count). The van der Waals surface area contributed by atoms with Crippen LogP contribution < -0.4 is 0 Å². The SMILES string of the molecule is N#Cc1c(F)cc(Br)cc1I. The molecule has 0 bridgehead atoms. The molecule has 0 N–H and O–H groups in total. The molecule has 0 unspecified atom stereocenters. The van der Waals surface area contributed by atoms with Gasteiger partial charge in [0.2, 0.25) is 0 Å². The molecule has 11 heavy (non-hydrogen) atoms. The summed E-state index contributed by atoms with van der Waals surface area (Å²) in [6.45, 7) is 0. The Morgan fingerprint density at radius 2 is 2.18 bits per heavy atom. The predicted octanol–water partition coefficient (Wildman–Crippen LogP) is 3.06. The van der Waals surface area contributed by atoms with Crippen molar-refractivity contribution in [2.45, 2.75) is 0 Å². The zero-order valence-electron chi connectivity index (χ0n) is 5.24. The second kappa shape index (κ2) is 3.50. The van der Waals surface area contributed by atoms with Crippen molar-refractivity contribution in [2.24, 2.45) is 0 Å². The number of halogens is 3. The van der Waals surface area contributed by atoms with E-state index in [0.717, 1.165) is 0 Å². The molecule has 0 aliphatic rings. The Kier molecular flexibility index (Phi) is 2.84. The topological polar surface area (TPSA) is 23.8 Å². The molecule has 0 radical (unpaired) electrons. The van der Waals surface area contributed by atoms with E-state index in [4.69, 9.17) is 5.26 Å². The Morgan fingerprint density at radius 3 is 2.64 bits per heavy atom. The number of hydrogen-bond donors (Lipinski definition) is 0. The van der Waals surface area contributed by atoms with Crippen LogP contribution in [0.25, 0.3) is 0 Å². The Balaban J connectivity index is 3.40. The summed E-state index contributed by atoms with van der Waals surface area (Å²) in [4.78, 5) is 0. The number of nitriles is 1. The molecule has 0 aliphatic carbocycles. The van der Waals surface area contributed by atoms with Crippen molar-refractivity contribution in [1.29, 1.82) is 5.26 Å². The first kappa shape index (κ1) is 8.94. The quantitative estimate of drug-likeness (QED) is 0.673. The number of benzene rings is 1. The highest BCUT2D eigenvalue weighted by Gasteiger charge is 2.06. The largest absolute Gasteiger partial charge is 0.205 e. The van der Waals surface area contributed by atoms with Gasteiger partial charge in [-0.2, -0.15) is 5.26 Å². The third-order valence-corrected chi connectivity index (χ3v) is 2.43. The molecule has 0 aliphatic heterocycles. The first-order valence-corrected chi connectivity index (χ1v) is 4.57. The van der Waals surface area contributed by atoms with Crippen LogP contribution in [0, 0.1) is 20.7 Å². The monoisotopic (exact) mass is 325 g/mol. The predicted molar refractivity (Wildman–Crippen MR) is 51.5 cm³/mol. The van der Waals surface area contributed by atoms with Crippen LogP contribution in [0.5, 0.6) is 0 Å². The van der Waals surface area contributed by atoms with E-state index >= 15 is 0 Å². The van der Waals surface area contributed by atoms with Gasteiger partial charge in [-0.05, 0) is 34.7 Å². The van der Waals surface area contributed by atoms with Gasteiger partial charge in [0, 0.05) is 8.04 Å². The summed E-state index contributed by atoms with van der Waals surface area (Å²) in [6.07, 6.45) is 0. The van der Waals surface area contributed by atoms with Crippen molar-refractivity contribution in [3.63, 3.8) is 0 Å². The molecule has 1 aromatic carbocycles. The van der Waals surface area contributed by atoms with Gasteiger partial charge in [-0.15, -0.1) is 0 Å². The highest BCUT2D eigenvalue weighted by Crippen LogP contribution is 2.20. The minimum Gasteiger partial charge on any atom is -0.205 e. The summed E-state index contributed by atoms with van der Waals surface area (Å²) < 4.78 is 14.1.